The van der Waals surface area contributed by atoms with Crippen molar-refractivity contribution in [3.63, 3.8) is 0 Å². The summed E-state index contributed by atoms with van der Waals surface area (Å²) < 4.78 is 32.8. The Bertz CT molecular complexity index is 771. The second-order valence-corrected chi connectivity index (χ2v) is 12.0. The molecule has 31 heavy (non-hydrogen) atoms. The zero-order valence-corrected chi connectivity index (χ0v) is 20.4. The van der Waals surface area contributed by atoms with Gasteiger partial charge in [0.1, 0.15) is 0 Å². The SMILES string of the molecule is CNS(=O)(=O)C1CCCC(C2CCC3C(C2)N(C(=O)OC(C)C)C[C@H](C)N3C(C)=O)C1. The van der Waals surface area contributed by atoms with E-state index in [9.17, 15) is 18.0 Å². The molecule has 2 saturated carbocycles. The van der Waals surface area contributed by atoms with E-state index in [1.165, 1.54) is 7.05 Å². The summed E-state index contributed by atoms with van der Waals surface area (Å²) in [6, 6.07) is -0.126. The van der Waals surface area contributed by atoms with E-state index in [0.29, 0.717) is 31.2 Å². The molecule has 3 fully saturated rings. The number of rotatable bonds is 4. The van der Waals surface area contributed by atoms with Gasteiger partial charge in [0, 0.05) is 19.5 Å². The van der Waals surface area contributed by atoms with E-state index in [-0.39, 0.29) is 41.5 Å². The summed E-state index contributed by atoms with van der Waals surface area (Å²) in [5.74, 6) is 0.735. The van der Waals surface area contributed by atoms with Crippen LogP contribution in [0.5, 0.6) is 0 Å². The van der Waals surface area contributed by atoms with Crippen molar-refractivity contribution in [3.05, 3.63) is 0 Å². The van der Waals surface area contributed by atoms with Crippen molar-refractivity contribution < 1.29 is 22.7 Å². The van der Waals surface area contributed by atoms with Gasteiger partial charge in [-0.3, -0.25) is 4.79 Å². The minimum absolute atomic E-state index is 0.00218. The van der Waals surface area contributed by atoms with Crippen LogP contribution in [0.3, 0.4) is 0 Å². The number of sulfonamides is 1. The fourth-order valence-electron chi connectivity index (χ4n) is 6.17. The molecule has 5 unspecified atom stereocenters. The Hall–Kier alpha value is -1.35. The molecule has 8 nitrogen and oxygen atoms in total. The number of hydrogen-bond donors (Lipinski definition) is 1. The molecule has 3 aliphatic rings. The Balaban J connectivity index is 1.80. The van der Waals surface area contributed by atoms with Gasteiger partial charge >= 0.3 is 6.09 Å². The summed E-state index contributed by atoms with van der Waals surface area (Å²) in [7, 11) is -1.78. The fraction of sp³-hybridized carbons (Fsp3) is 0.909. The highest BCUT2D eigenvalue weighted by Crippen LogP contribution is 2.43. The van der Waals surface area contributed by atoms with Crippen molar-refractivity contribution in [1.29, 1.82) is 0 Å². The topological polar surface area (TPSA) is 96.0 Å². The molecule has 3 rings (SSSR count). The molecule has 0 radical (unpaired) electrons. The molecule has 9 heteroatoms. The predicted molar refractivity (Wildman–Crippen MR) is 119 cm³/mol. The van der Waals surface area contributed by atoms with Gasteiger partial charge in [0.05, 0.1) is 23.4 Å². The normalized spacial score (nSPS) is 34.4. The second-order valence-electron chi connectivity index (χ2n) is 9.87. The van der Waals surface area contributed by atoms with E-state index in [1.807, 2.05) is 30.6 Å². The van der Waals surface area contributed by atoms with Gasteiger partial charge in [-0.25, -0.2) is 17.9 Å². The highest BCUT2D eigenvalue weighted by atomic mass is 32.2. The van der Waals surface area contributed by atoms with Crippen LogP contribution in [0.4, 0.5) is 4.79 Å². The second kappa shape index (κ2) is 9.65. The number of piperazine rings is 1. The number of carbonyl (C=O) groups is 2. The van der Waals surface area contributed by atoms with Gasteiger partial charge in [-0.05, 0) is 71.8 Å². The smallest absolute Gasteiger partial charge is 0.410 e. The molecule has 1 N–H and O–H groups in total. The van der Waals surface area contributed by atoms with Crippen LogP contribution in [0.1, 0.15) is 72.6 Å². The highest BCUT2D eigenvalue weighted by molar-refractivity contribution is 7.90. The molecule has 0 aromatic carbocycles. The summed E-state index contributed by atoms with van der Waals surface area (Å²) in [6.07, 6.45) is 5.42. The molecule has 2 aliphatic carbocycles. The molecule has 2 amide bonds. The molecule has 1 aliphatic heterocycles. The first-order valence-corrected chi connectivity index (χ1v) is 13.3. The molecule has 1 saturated heterocycles. The molecule has 6 atom stereocenters. The third-order valence-corrected chi connectivity index (χ3v) is 9.38. The van der Waals surface area contributed by atoms with E-state index < -0.39 is 10.0 Å². The molecule has 0 spiro atoms. The largest absolute Gasteiger partial charge is 0.447 e. The van der Waals surface area contributed by atoms with Crippen molar-refractivity contribution in [2.75, 3.05) is 13.6 Å². The van der Waals surface area contributed by atoms with Crippen molar-refractivity contribution in [3.8, 4) is 0 Å². The lowest BCUT2D eigenvalue weighted by atomic mass is 9.69. The van der Waals surface area contributed by atoms with E-state index >= 15 is 0 Å². The first-order valence-electron chi connectivity index (χ1n) is 11.7. The first kappa shape index (κ1) is 24.3. The van der Waals surface area contributed by atoms with Crippen LogP contribution < -0.4 is 4.72 Å². The van der Waals surface area contributed by atoms with Crippen LogP contribution in [-0.2, 0) is 19.6 Å². The van der Waals surface area contributed by atoms with Gasteiger partial charge in [0.15, 0.2) is 0 Å². The summed E-state index contributed by atoms with van der Waals surface area (Å²) in [5, 5.41) is -0.337. The Morgan fingerprint density at radius 1 is 1.03 bits per heavy atom. The summed E-state index contributed by atoms with van der Waals surface area (Å²) in [5.41, 5.74) is 0. The lowest BCUT2D eigenvalue weighted by Crippen LogP contribution is -2.67. The first-order chi connectivity index (χ1) is 14.5. The number of carbonyl (C=O) groups excluding carboxylic acids is 2. The van der Waals surface area contributed by atoms with Crippen LogP contribution in [0, 0.1) is 11.8 Å². The number of hydrogen-bond acceptors (Lipinski definition) is 5. The Morgan fingerprint density at radius 2 is 1.71 bits per heavy atom. The minimum atomic E-state index is -3.27. The molecule has 178 valence electrons. The number of nitrogens with one attached hydrogen (secondary N) is 1. The third-order valence-electron chi connectivity index (χ3n) is 7.51. The summed E-state index contributed by atoms with van der Waals surface area (Å²) in [4.78, 5) is 29.1. The van der Waals surface area contributed by atoms with Gasteiger partial charge in [-0.2, -0.15) is 0 Å². The number of amides is 2. The highest BCUT2D eigenvalue weighted by Gasteiger charge is 2.48. The molecule has 0 aromatic rings. The van der Waals surface area contributed by atoms with Gasteiger partial charge in [-0.15, -0.1) is 0 Å². The van der Waals surface area contributed by atoms with Crippen LogP contribution in [0.25, 0.3) is 0 Å². The van der Waals surface area contributed by atoms with E-state index in [1.54, 1.807) is 6.92 Å². The predicted octanol–water partition coefficient (Wildman–Crippen LogP) is 2.73. The Labute approximate surface area is 187 Å². The van der Waals surface area contributed by atoms with Gasteiger partial charge in [0.25, 0.3) is 0 Å². The van der Waals surface area contributed by atoms with Crippen LogP contribution in [0.2, 0.25) is 0 Å². The van der Waals surface area contributed by atoms with Crippen molar-refractivity contribution in [2.45, 2.75) is 102 Å². The van der Waals surface area contributed by atoms with Gasteiger partial charge in [0.2, 0.25) is 15.9 Å². The Kier molecular flexibility index (Phi) is 7.56. The average Bonchev–Trinajstić information content (AvgIpc) is 2.72. The van der Waals surface area contributed by atoms with Gasteiger partial charge in [-0.1, -0.05) is 12.8 Å². The minimum Gasteiger partial charge on any atom is -0.447 e. The molecular weight excluding hydrogens is 418 g/mol. The third kappa shape index (κ3) is 5.18. The molecule has 0 bridgehead atoms. The summed E-state index contributed by atoms with van der Waals surface area (Å²) >= 11 is 0. The average molecular weight is 458 g/mol. The van der Waals surface area contributed by atoms with E-state index in [0.717, 1.165) is 32.1 Å². The molecule has 1 heterocycles. The van der Waals surface area contributed by atoms with Crippen LogP contribution >= 0.6 is 0 Å². The summed E-state index contributed by atoms with van der Waals surface area (Å²) in [6.45, 7) is 7.77. The maximum atomic E-state index is 12.9. The van der Waals surface area contributed by atoms with Crippen molar-refractivity contribution >= 4 is 22.0 Å². The maximum absolute atomic E-state index is 12.9. The zero-order chi connectivity index (χ0) is 22.9. The lowest BCUT2D eigenvalue weighted by Gasteiger charge is -2.54. The maximum Gasteiger partial charge on any atom is 0.410 e. The Morgan fingerprint density at radius 3 is 2.32 bits per heavy atom. The number of nitrogens with zero attached hydrogens (tertiary/aromatic N) is 2. The van der Waals surface area contributed by atoms with Gasteiger partial charge < -0.3 is 14.5 Å². The van der Waals surface area contributed by atoms with Crippen LogP contribution in [-0.4, -0.2) is 73.3 Å². The van der Waals surface area contributed by atoms with Crippen molar-refractivity contribution in [2.24, 2.45) is 11.8 Å². The molecule has 0 aromatic heterocycles. The lowest BCUT2D eigenvalue weighted by molar-refractivity contribution is -0.142. The zero-order valence-electron chi connectivity index (χ0n) is 19.5. The number of ether oxygens (including phenoxy) is 1. The monoisotopic (exact) mass is 457 g/mol. The van der Waals surface area contributed by atoms with Crippen LogP contribution in [0.15, 0.2) is 0 Å². The molecular formula is C22H39N3O5S. The quantitative estimate of drug-likeness (QED) is 0.700. The standard InChI is InChI=1S/C22H39N3O5S/c1-14(2)30-22(27)24-13-15(3)25(16(4)26)20-10-9-18(12-21(20)24)17-7-6-8-19(11-17)31(28,29)23-5/h14-15,17-21,23H,6-13H2,1-5H3/t15-,17?,18?,19?,20?,21?/m0/s1. The fourth-order valence-corrected chi connectivity index (χ4v) is 7.48. The number of fused-ring (bicyclic) bond motifs is 1. The van der Waals surface area contributed by atoms with Crippen molar-refractivity contribution in [1.82, 2.24) is 14.5 Å². The van der Waals surface area contributed by atoms with E-state index in [4.69, 9.17) is 4.74 Å². The van der Waals surface area contributed by atoms with E-state index in [2.05, 4.69) is 4.72 Å².